The van der Waals surface area contributed by atoms with Gasteiger partial charge in [0.25, 0.3) is 5.91 Å². The van der Waals surface area contributed by atoms with Gasteiger partial charge in [-0.25, -0.2) is 0 Å². The van der Waals surface area contributed by atoms with Crippen LogP contribution in [0.25, 0.3) is 0 Å². The first kappa shape index (κ1) is 34.3. The number of nitrogens with one attached hydrogen (secondary N) is 2. The number of nitrogens with two attached hydrogens (primary N) is 2. The first-order valence-corrected chi connectivity index (χ1v) is 12.6. The number of phenolic OH excluding ortho intramolecular Hbond substituents is 1. The van der Waals surface area contributed by atoms with Gasteiger partial charge in [-0.3, -0.25) is 4.79 Å². The van der Waals surface area contributed by atoms with Gasteiger partial charge in [0.1, 0.15) is 5.75 Å². The second-order valence-electron chi connectivity index (χ2n) is 9.05. The first-order chi connectivity index (χ1) is 18.0. The quantitative estimate of drug-likeness (QED) is 0.170. The van der Waals surface area contributed by atoms with Crippen LogP contribution in [0.4, 0.5) is 29.2 Å². The zero-order valence-electron chi connectivity index (χ0n) is 23.0. The van der Waals surface area contributed by atoms with Gasteiger partial charge in [-0.1, -0.05) is 17.7 Å². The summed E-state index contributed by atoms with van der Waals surface area (Å²) < 4.78 is 0. The lowest BCUT2D eigenvalue weighted by atomic mass is 10.1. The fourth-order valence-corrected chi connectivity index (χ4v) is 4.15. The van der Waals surface area contributed by atoms with Crippen molar-refractivity contribution in [2.45, 2.75) is 26.2 Å². The molecule has 2 heterocycles. The SMILES string of the molecule is Cc1ccc(C(=O)Nc2ccc(Nc3nc(N(CCN)CCN)nc(N4CCCCC4)n3)cc2O)cc1.Cl.N.N.[HH].[HH]. The highest BCUT2D eigenvalue weighted by atomic mass is 35.5. The number of nitrogens with zero attached hydrogens (tertiary/aromatic N) is 5. The summed E-state index contributed by atoms with van der Waals surface area (Å²) in [7, 11) is 0. The Morgan fingerprint density at radius 3 is 2.25 bits per heavy atom. The number of carbonyl (C=O) groups is 1. The Hall–Kier alpha value is -3.75. The largest absolute Gasteiger partial charge is 0.506 e. The van der Waals surface area contributed by atoms with E-state index in [9.17, 15) is 9.90 Å². The Labute approximate surface area is 244 Å². The molecule has 0 bridgehead atoms. The zero-order valence-corrected chi connectivity index (χ0v) is 23.8. The molecule has 1 saturated heterocycles. The summed E-state index contributed by atoms with van der Waals surface area (Å²) in [5.74, 6) is 1.06. The van der Waals surface area contributed by atoms with E-state index in [2.05, 4.69) is 25.5 Å². The number of anilines is 5. The molecule has 0 spiro atoms. The van der Waals surface area contributed by atoms with E-state index < -0.39 is 0 Å². The van der Waals surface area contributed by atoms with E-state index in [0.29, 0.717) is 61.0 Å². The molecule has 13 N–H and O–H groups in total. The van der Waals surface area contributed by atoms with E-state index in [1.807, 2.05) is 24.0 Å². The van der Waals surface area contributed by atoms with E-state index in [0.717, 1.165) is 31.5 Å². The predicted molar refractivity (Wildman–Crippen MR) is 168 cm³/mol. The van der Waals surface area contributed by atoms with Crippen molar-refractivity contribution in [3.63, 3.8) is 0 Å². The van der Waals surface area contributed by atoms with Crippen molar-refractivity contribution in [2.75, 3.05) is 59.7 Å². The second-order valence-corrected chi connectivity index (χ2v) is 9.05. The van der Waals surface area contributed by atoms with Gasteiger partial charge in [-0.15, -0.1) is 12.4 Å². The van der Waals surface area contributed by atoms with Crippen molar-refractivity contribution in [1.82, 2.24) is 27.3 Å². The molecular weight excluding hydrogens is 534 g/mol. The van der Waals surface area contributed by atoms with E-state index in [1.165, 1.54) is 12.5 Å². The molecule has 1 aromatic heterocycles. The van der Waals surface area contributed by atoms with Gasteiger partial charge in [0.2, 0.25) is 17.8 Å². The third-order valence-corrected chi connectivity index (χ3v) is 6.15. The van der Waals surface area contributed by atoms with Crippen molar-refractivity contribution in [1.29, 1.82) is 0 Å². The number of phenols is 1. The monoisotopic (exact) mass is 579 g/mol. The molecule has 0 aliphatic carbocycles. The van der Waals surface area contributed by atoms with E-state index >= 15 is 0 Å². The molecule has 3 aromatic rings. The highest BCUT2D eigenvalue weighted by Gasteiger charge is 2.19. The lowest BCUT2D eigenvalue weighted by Gasteiger charge is -2.28. The molecule has 0 saturated carbocycles. The molecule has 0 radical (unpaired) electrons. The van der Waals surface area contributed by atoms with Gasteiger partial charge in [-0.05, 0) is 50.5 Å². The summed E-state index contributed by atoms with van der Waals surface area (Å²) in [4.78, 5) is 30.6. The molecule has 1 amide bonds. The van der Waals surface area contributed by atoms with Crippen molar-refractivity contribution in [3.8, 4) is 5.75 Å². The van der Waals surface area contributed by atoms with E-state index in [-0.39, 0.29) is 39.2 Å². The number of aromatic hydroxyl groups is 1. The highest BCUT2D eigenvalue weighted by Crippen LogP contribution is 2.29. The van der Waals surface area contributed by atoms with Crippen molar-refractivity contribution in [3.05, 3.63) is 53.6 Å². The number of halogens is 1. The summed E-state index contributed by atoms with van der Waals surface area (Å²) in [5.41, 5.74) is 14.1. The summed E-state index contributed by atoms with van der Waals surface area (Å²) in [5, 5.41) is 16.5. The maximum absolute atomic E-state index is 12.6. The summed E-state index contributed by atoms with van der Waals surface area (Å²) in [6, 6.07) is 12.1. The molecule has 0 unspecified atom stereocenters. The number of carbonyl (C=O) groups excluding carboxylic acids is 1. The van der Waals surface area contributed by atoms with Crippen molar-refractivity contribution < 1.29 is 12.8 Å². The van der Waals surface area contributed by atoms with Gasteiger partial charge in [-0.2, -0.15) is 15.0 Å². The van der Waals surface area contributed by atoms with Crippen LogP contribution in [0.1, 0.15) is 38.0 Å². The van der Waals surface area contributed by atoms with Crippen molar-refractivity contribution >= 4 is 47.5 Å². The average molecular weight is 580 g/mol. The zero-order chi connectivity index (χ0) is 26.2. The van der Waals surface area contributed by atoms with Gasteiger partial charge in [0.15, 0.2) is 0 Å². The van der Waals surface area contributed by atoms with Crippen LogP contribution in [-0.4, -0.2) is 65.2 Å². The Bertz CT molecular complexity index is 1210. The minimum atomic E-state index is -0.302. The molecular formula is C26H46ClN11O2. The summed E-state index contributed by atoms with van der Waals surface area (Å²) >= 11 is 0. The number of piperidine rings is 1. The lowest BCUT2D eigenvalue weighted by molar-refractivity contribution is 0.102. The molecule has 1 fully saturated rings. The van der Waals surface area contributed by atoms with Crippen LogP contribution in [0.3, 0.4) is 0 Å². The van der Waals surface area contributed by atoms with Crippen LogP contribution in [0.2, 0.25) is 0 Å². The molecule has 14 heteroatoms. The molecule has 13 nitrogen and oxygen atoms in total. The highest BCUT2D eigenvalue weighted by molar-refractivity contribution is 6.05. The number of hydrogen-bond donors (Lipinski definition) is 7. The summed E-state index contributed by atoms with van der Waals surface area (Å²) in [6.45, 7) is 5.73. The fraction of sp³-hybridized carbons (Fsp3) is 0.385. The Morgan fingerprint density at radius 2 is 1.65 bits per heavy atom. The number of amides is 1. The van der Waals surface area contributed by atoms with Gasteiger partial charge < -0.3 is 49.3 Å². The molecule has 0 atom stereocenters. The fourth-order valence-electron chi connectivity index (χ4n) is 4.15. The number of hydrogen-bond acceptors (Lipinski definition) is 12. The topological polar surface area (TPSA) is 229 Å². The van der Waals surface area contributed by atoms with E-state index in [1.54, 1.807) is 24.3 Å². The molecule has 40 heavy (non-hydrogen) atoms. The standard InChI is InChI=1S/C26H35N9O2.ClH.2H3N.2H2/c1-18-5-7-19(8-6-18)23(37)30-21-10-9-20(17-22(21)36)29-24-31-25(34-13-3-2-4-14-34)33-26(32-24)35(15-11-27)16-12-28;;;;;/h5-10,17,36H,2-4,11-16,27-28H2,1H3,(H,30,37)(H,29,31,32,33);1H;2*1H3;2*1H. The number of benzene rings is 2. The van der Waals surface area contributed by atoms with Crippen LogP contribution < -0.4 is 44.2 Å². The van der Waals surface area contributed by atoms with Crippen LogP contribution in [0, 0.1) is 6.92 Å². The van der Waals surface area contributed by atoms with Crippen molar-refractivity contribution in [2.24, 2.45) is 11.5 Å². The smallest absolute Gasteiger partial charge is 0.255 e. The number of aromatic nitrogens is 3. The molecule has 4 rings (SSSR count). The predicted octanol–water partition coefficient (Wildman–Crippen LogP) is 3.83. The van der Waals surface area contributed by atoms with Gasteiger partial charge in [0, 0.05) is 59.4 Å². The Kier molecular flexibility index (Phi) is 14.0. The normalized spacial score (nSPS) is 12.3. The van der Waals surface area contributed by atoms with Gasteiger partial charge >= 0.3 is 0 Å². The minimum Gasteiger partial charge on any atom is -0.506 e. The third kappa shape index (κ3) is 8.89. The van der Waals surface area contributed by atoms with Crippen LogP contribution in [0.5, 0.6) is 5.75 Å². The number of aryl methyl sites for hydroxylation is 1. The first-order valence-electron chi connectivity index (χ1n) is 12.6. The van der Waals surface area contributed by atoms with Crippen LogP contribution >= 0.6 is 12.4 Å². The molecule has 1 aliphatic rings. The maximum atomic E-state index is 12.6. The van der Waals surface area contributed by atoms with E-state index in [4.69, 9.17) is 16.5 Å². The second kappa shape index (κ2) is 16.4. The Balaban J connectivity index is 0. The van der Waals surface area contributed by atoms with Crippen LogP contribution in [0.15, 0.2) is 42.5 Å². The molecule has 1 aliphatic heterocycles. The lowest BCUT2D eigenvalue weighted by Crippen LogP contribution is -2.36. The number of rotatable bonds is 10. The molecule has 224 valence electrons. The van der Waals surface area contributed by atoms with Crippen LogP contribution in [-0.2, 0) is 0 Å². The molecule has 2 aromatic carbocycles. The Morgan fingerprint density at radius 1 is 1.00 bits per heavy atom. The van der Waals surface area contributed by atoms with Gasteiger partial charge in [0.05, 0.1) is 5.69 Å². The third-order valence-electron chi connectivity index (χ3n) is 6.15. The average Bonchev–Trinajstić information content (AvgIpc) is 2.91. The maximum Gasteiger partial charge on any atom is 0.255 e. The summed E-state index contributed by atoms with van der Waals surface area (Å²) in [6.07, 6.45) is 3.36. The minimum absolute atomic E-state index is 0.